The molecule has 36 heavy (non-hydrogen) atoms. The Kier molecular flexibility index (Phi) is 7.99. The highest BCUT2D eigenvalue weighted by molar-refractivity contribution is 7.92. The lowest BCUT2D eigenvalue weighted by Gasteiger charge is -2.26. The van der Waals surface area contributed by atoms with Crippen molar-refractivity contribution in [3.8, 4) is 5.75 Å². The van der Waals surface area contributed by atoms with Gasteiger partial charge in [0.2, 0.25) is 5.91 Å². The quantitative estimate of drug-likeness (QED) is 0.425. The lowest BCUT2D eigenvalue weighted by atomic mass is 9.89. The molecule has 0 saturated carbocycles. The topological polar surface area (TPSA) is 75.7 Å². The van der Waals surface area contributed by atoms with Crippen LogP contribution in [0.2, 0.25) is 0 Å². The number of ether oxygens (including phenoxy) is 1. The third-order valence-corrected chi connectivity index (χ3v) is 8.37. The van der Waals surface area contributed by atoms with Crippen molar-refractivity contribution in [1.29, 1.82) is 0 Å². The zero-order chi connectivity index (χ0) is 25.7. The molecule has 1 amide bonds. The van der Waals surface area contributed by atoms with Crippen LogP contribution in [0.4, 0.5) is 5.69 Å². The molecule has 1 atom stereocenters. The molecule has 4 rings (SSSR count). The number of sulfonamides is 1. The Morgan fingerprint density at radius 1 is 0.972 bits per heavy atom. The number of nitrogens with one attached hydrogen (secondary N) is 1. The normalized spacial score (nSPS) is 14.0. The maximum absolute atomic E-state index is 13.6. The SMILES string of the molecule is CCOc1ccc(S(=O)(=O)N(CC(=O)N[C@H](C)c2ccc3c(c2)CCCC3)c2ccc(C)cc2)cc1. The summed E-state index contributed by atoms with van der Waals surface area (Å²) >= 11 is 0. The molecule has 0 aliphatic heterocycles. The van der Waals surface area contributed by atoms with Crippen molar-refractivity contribution in [1.82, 2.24) is 5.32 Å². The Balaban J connectivity index is 1.56. The minimum Gasteiger partial charge on any atom is -0.494 e. The first-order valence-corrected chi connectivity index (χ1v) is 14.0. The van der Waals surface area contributed by atoms with Crippen LogP contribution >= 0.6 is 0 Å². The van der Waals surface area contributed by atoms with Crippen molar-refractivity contribution in [3.63, 3.8) is 0 Å². The average Bonchev–Trinajstić information content (AvgIpc) is 2.88. The van der Waals surface area contributed by atoms with E-state index in [9.17, 15) is 13.2 Å². The summed E-state index contributed by atoms with van der Waals surface area (Å²) in [5, 5.41) is 3.00. The molecule has 1 aliphatic carbocycles. The smallest absolute Gasteiger partial charge is 0.264 e. The summed E-state index contributed by atoms with van der Waals surface area (Å²) in [4.78, 5) is 13.2. The standard InChI is InChI=1S/C29H34N2O4S/c1-4-35-27-15-17-28(18-16-27)36(33,34)31(26-13-9-21(2)10-14-26)20-29(32)30-22(3)24-12-11-23-7-5-6-8-25(23)19-24/h9-19,22H,4-8,20H2,1-3H3,(H,30,32)/t22-/m1/s1. The zero-order valence-electron chi connectivity index (χ0n) is 21.2. The van der Waals surface area contributed by atoms with Crippen LogP contribution in [0.1, 0.15) is 55.0 Å². The molecule has 1 aliphatic rings. The third kappa shape index (κ3) is 5.90. The van der Waals surface area contributed by atoms with Crippen molar-refractivity contribution in [2.45, 2.75) is 57.4 Å². The number of hydrogen-bond donors (Lipinski definition) is 1. The molecule has 0 radical (unpaired) electrons. The fourth-order valence-corrected chi connectivity index (χ4v) is 5.97. The van der Waals surface area contributed by atoms with Crippen LogP contribution in [0.5, 0.6) is 5.75 Å². The molecule has 0 bridgehead atoms. The summed E-state index contributed by atoms with van der Waals surface area (Å²) in [6.45, 7) is 5.90. The Labute approximate surface area is 214 Å². The summed E-state index contributed by atoms with van der Waals surface area (Å²) in [6.07, 6.45) is 4.57. The number of carbonyl (C=O) groups excluding carboxylic acids is 1. The summed E-state index contributed by atoms with van der Waals surface area (Å²) in [6, 6.07) is 19.5. The summed E-state index contributed by atoms with van der Waals surface area (Å²) < 4.78 is 33.9. The van der Waals surface area contributed by atoms with Gasteiger partial charge in [0, 0.05) is 0 Å². The molecule has 3 aromatic carbocycles. The molecular weight excluding hydrogens is 472 g/mol. The van der Waals surface area contributed by atoms with Crippen LogP contribution in [-0.2, 0) is 27.7 Å². The molecule has 0 unspecified atom stereocenters. The van der Waals surface area contributed by atoms with Crippen molar-refractivity contribution >= 4 is 21.6 Å². The van der Waals surface area contributed by atoms with Crippen molar-refractivity contribution < 1.29 is 17.9 Å². The molecule has 3 aromatic rings. The van der Waals surface area contributed by atoms with Gasteiger partial charge in [-0.05, 0) is 99.5 Å². The monoisotopic (exact) mass is 506 g/mol. The fraction of sp³-hybridized carbons (Fsp3) is 0.345. The van der Waals surface area contributed by atoms with Gasteiger partial charge in [0.1, 0.15) is 12.3 Å². The van der Waals surface area contributed by atoms with Crippen LogP contribution < -0.4 is 14.4 Å². The second kappa shape index (κ2) is 11.2. The highest BCUT2D eigenvalue weighted by Gasteiger charge is 2.28. The van der Waals surface area contributed by atoms with Crippen LogP contribution in [0.3, 0.4) is 0 Å². The Morgan fingerprint density at radius 3 is 2.31 bits per heavy atom. The van der Waals surface area contributed by atoms with Gasteiger partial charge in [-0.15, -0.1) is 0 Å². The van der Waals surface area contributed by atoms with Crippen LogP contribution in [-0.4, -0.2) is 27.5 Å². The van der Waals surface area contributed by atoms with Crippen LogP contribution in [0, 0.1) is 6.92 Å². The van der Waals surface area contributed by atoms with Gasteiger partial charge in [-0.2, -0.15) is 0 Å². The summed E-state index contributed by atoms with van der Waals surface area (Å²) in [5.74, 6) is 0.227. The number of aryl methyl sites for hydroxylation is 3. The van der Waals surface area contributed by atoms with Gasteiger partial charge in [0.05, 0.1) is 23.2 Å². The van der Waals surface area contributed by atoms with Crippen LogP contribution in [0.25, 0.3) is 0 Å². The van der Waals surface area contributed by atoms with Gasteiger partial charge in [0.25, 0.3) is 10.0 Å². The number of amides is 1. The van der Waals surface area contributed by atoms with Gasteiger partial charge < -0.3 is 10.1 Å². The predicted octanol–water partition coefficient (Wildman–Crippen LogP) is 5.35. The largest absolute Gasteiger partial charge is 0.494 e. The van der Waals surface area contributed by atoms with Crippen molar-refractivity contribution in [2.24, 2.45) is 0 Å². The minimum absolute atomic E-state index is 0.0991. The second-order valence-corrected chi connectivity index (χ2v) is 11.1. The lowest BCUT2D eigenvalue weighted by Crippen LogP contribution is -2.41. The minimum atomic E-state index is -3.99. The molecule has 0 heterocycles. The number of carbonyl (C=O) groups is 1. The highest BCUT2D eigenvalue weighted by atomic mass is 32.2. The van der Waals surface area contributed by atoms with Gasteiger partial charge in [-0.1, -0.05) is 35.9 Å². The Morgan fingerprint density at radius 2 is 1.64 bits per heavy atom. The van der Waals surface area contributed by atoms with E-state index < -0.39 is 10.0 Å². The second-order valence-electron chi connectivity index (χ2n) is 9.28. The first-order valence-electron chi connectivity index (χ1n) is 12.5. The van der Waals surface area contributed by atoms with E-state index in [0.717, 1.165) is 28.3 Å². The number of rotatable bonds is 9. The predicted molar refractivity (Wildman–Crippen MR) is 143 cm³/mol. The number of benzene rings is 3. The van der Waals surface area contributed by atoms with Gasteiger partial charge in [-0.25, -0.2) is 8.42 Å². The van der Waals surface area contributed by atoms with Gasteiger partial charge in [-0.3, -0.25) is 9.10 Å². The number of nitrogens with zero attached hydrogens (tertiary/aromatic N) is 1. The highest BCUT2D eigenvalue weighted by Crippen LogP contribution is 2.27. The Bertz CT molecular complexity index is 1300. The van der Waals surface area contributed by atoms with Crippen molar-refractivity contribution in [2.75, 3.05) is 17.5 Å². The van der Waals surface area contributed by atoms with Gasteiger partial charge >= 0.3 is 0 Å². The molecule has 0 spiro atoms. The van der Waals surface area contributed by atoms with E-state index in [2.05, 4.69) is 23.5 Å². The molecule has 0 aromatic heterocycles. The van der Waals surface area contributed by atoms with E-state index in [1.54, 1.807) is 24.3 Å². The number of fused-ring (bicyclic) bond motifs is 1. The molecule has 7 heteroatoms. The van der Waals surface area contributed by atoms with E-state index in [1.165, 1.54) is 36.1 Å². The van der Waals surface area contributed by atoms with E-state index in [1.807, 2.05) is 32.9 Å². The molecule has 6 nitrogen and oxygen atoms in total. The molecule has 1 N–H and O–H groups in total. The van der Waals surface area contributed by atoms with Crippen LogP contribution in [0.15, 0.2) is 71.6 Å². The fourth-order valence-electron chi connectivity index (χ4n) is 4.55. The first-order chi connectivity index (χ1) is 17.3. The molecular formula is C29H34N2O4S. The van der Waals surface area contributed by atoms with E-state index >= 15 is 0 Å². The zero-order valence-corrected chi connectivity index (χ0v) is 22.0. The molecule has 0 saturated heterocycles. The molecule has 0 fully saturated rings. The van der Waals surface area contributed by atoms with E-state index in [0.29, 0.717) is 18.0 Å². The summed E-state index contributed by atoms with van der Waals surface area (Å²) in [7, 11) is -3.99. The van der Waals surface area contributed by atoms with Crippen molar-refractivity contribution in [3.05, 3.63) is 89.0 Å². The summed E-state index contributed by atoms with van der Waals surface area (Å²) in [5.41, 5.74) is 5.20. The average molecular weight is 507 g/mol. The van der Waals surface area contributed by atoms with E-state index in [4.69, 9.17) is 4.74 Å². The Hall–Kier alpha value is -3.32. The van der Waals surface area contributed by atoms with E-state index in [-0.39, 0.29) is 23.4 Å². The maximum Gasteiger partial charge on any atom is 0.264 e. The lowest BCUT2D eigenvalue weighted by molar-refractivity contribution is -0.120. The number of hydrogen-bond acceptors (Lipinski definition) is 4. The maximum atomic E-state index is 13.6. The first kappa shape index (κ1) is 25.8. The molecule has 190 valence electrons. The number of anilines is 1. The third-order valence-electron chi connectivity index (χ3n) is 6.58. The van der Waals surface area contributed by atoms with Gasteiger partial charge in [0.15, 0.2) is 0 Å².